The van der Waals surface area contributed by atoms with Crippen LogP contribution in [0, 0.1) is 5.92 Å². The van der Waals surface area contributed by atoms with Crippen LogP contribution in [0.15, 0.2) is 0 Å². The van der Waals surface area contributed by atoms with Crippen LogP contribution in [-0.4, -0.2) is 22.4 Å². The van der Waals surface area contributed by atoms with Crippen molar-refractivity contribution in [3.05, 3.63) is 0 Å². The number of aliphatic hydroxyl groups excluding tert-OH is 2. The first-order valence-electron chi connectivity index (χ1n) is 5.10. The molecule has 3 atom stereocenters. The first-order chi connectivity index (χ1) is 5.74. The summed E-state index contributed by atoms with van der Waals surface area (Å²) in [5.41, 5.74) is 0. The molecule has 12 heavy (non-hydrogen) atoms. The van der Waals surface area contributed by atoms with Crippen LogP contribution < -0.4 is 0 Å². The van der Waals surface area contributed by atoms with Crippen LogP contribution in [-0.2, 0) is 0 Å². The molecule has 0 bridgehead atoms. The van der Waals surface area contributed by atoms with E-state index in [1.165, 1.54) is 0 Å². The van der Waals surface area contributed by atoms with Gasteiger partial charge in [-0.15, -0.1) is 0 Å². The fraction of sp³-hybridized carbons (Fsp3) is 1.00. The van der Waals surface area contributed by atoms with Gasteiger partial charge >= 0.3 is 0 Å². The molecule has 0 amide bonds. The molecule has 0 aliphatic heterocycles. The topological polar surface area (TPSA) is 40.5 Å². The van der Waals surface area contributed by atoms with E-state index in [9.17, 15) is 10.2 Å². The summed E-state index contributed by atoms with van der Waals surface area (Å²) in [7, 11) is 0. The van der Waals surface area contributed by atoms with Crippen LogP contribution >= 0.6 is 0 Å². The fourth-order valence-corrected chi connectivity index (χ4v) is 1.96. The lowest BCUT2D eigenvalue weighted by molar-refractivity contribution is 0.104. The second kappa shape index (κ2) is 4.83. The minimum absolute atomic E-state index is 0.0888. The number of hydrogen-bond donors (Lipinski definition) is 2. The summed E-state index contributed by atoms with van der Waals surface area (Å²) >= 11 is 0. The Morgan fingerprint density at radius 3 is 2.67 bits per heavy atom. The molecule has 1 rings (SSSR count). The van der Waals surface area contributed by atoms with Gasteiger partial charge in [-0.05, 0) is 38.0 Å². The molecule has 2 heteroatoms. The Balaban J connectivity index is 2.13. The maximum absolute atomic E-state index is 9.49. The van der Waals surface area contributed by atoms with Crippen molar-refractivity contribution >= 4 is 0 Å². The predicted octanol–water partition coefficient (Wildman–Crippen LogP) is 1.70. The highest BCUT2D eigenvalue weighted by Gasteiger charge is 2.24. The minimum Gasteiger partial charge on any atom is -0.393 e. The van der Waals surface area contributed by atoms with Crippen LogP contribution in [0.25, 0.3) is 0 Å². The Hall–Kier alpha value is -0.0800. The molecule has 0 unspecified atom stereocenters. The van der Waals surface area contributed by atoms with Crippen LogP contribution in [0.1, 0.15) is 45.4 Å². The monoisotopic (exact) mass is 172 g/mol. The van der Waals surface area contributed by atoms with Gasteiger partial charge in [0.25, 0.3) is 0 Å². The highest BCUT2D eigenvalue weighted by Crippen LogP contribution is 2.29. The lowest BCUT2D eigenvalue weighted by Crippen LogP contribution is -2.15. The van der Waals surface area contributed by atoms with Gasteiger partial charge in [0.1, 0.15) is 0 Å². The van der Waals surface area contributed by atoms with E-state index in [-0.39, 0.29) is 12.2 Å². The van der Waals surface area contributed by atoms with Crippen molar-refractivity contribution in [3.63, 3.8) is 0 Å². The van der Waals surface area contributed by atoms with Gasteiger partial charge in [0.2, 0.25) is 0 Å². The largest absolute Gasteiger partial charge is 0.393 e. The van der Waals surface area contributed by atoms with Crippen molar-refractivity contribution in [1.29, 1.82) is 0 Å². The summed E-state index contributed by atoms with van der Waals surface area (Å²) in [5.74, 6) is 0.464. The third-order valence-electron chi connectivity index (χ3n) is 2.96. The standard InChI is InChI=1S/C10H20O2/c1-2-9(11)7-6-8-4-3-5-10(8)12/h8-12H,2-7H2,1H3/t8-,9+,10+/m0/s1. The molecular weight excluding hydrogens is 152 g/mol. The molecule has 0 spiro atoms. The maximum Gasteiger partial charge on any atom is 0.0568 e. The molecule has 0 radical (unpaired) electrons. The van der Waals surface area contributed by atoms with Crippen molar-refractivity contribution in [2.75, 3.05) is 0 Å². The summed E-state index contributed by atoms with van der Waals surface area (Å²) in [5, 5.41) is 18.8. The van der Waals surface area contributed by atoms with Gasteiger partial charge < -0.3 is 10.2 Å². The summed E-state index contributed by atoms with van der Waals surface area (Å²) in [4.78, 5) is 0. The van der Waals surface area contributed by atoms with Gasteiger partial charge in [-0.3, -0.25) is 0 Å². The molecular formula is C10H20O2. The van der Waals surface area contributed by atoms with Crippen LogP contribution in [0.5, 0.6) is 0 Å². The highest BCUT2D eigenvalue weighted by molar-refractivity contribution is 4.77. The summed E-state index contributed by atoms with van der Waals surface area (Å²) in [6.07, 6.45) is 5.72. The fourth-order valence-electron chi connectivity index (χ4n) is 1.96. The molecule has 1 saturated carbocycles. The molecule has 72 valence electrons. The van der Waals surface area contributed by atoms with Crippen LogP contribution in [0.3, 0.4) is 0 Å². The van der Waals surface area contributed by atoms with Gasteiger partial charge in [-0.2, -0.15) is 0 Å². The van der Waals surface area contributed by atoms with E-state index >= 15 is 0 Å². The van der Waals surface area contributed by atoms with E-state index in [4.69, 9.17) is 0 Å². The van der Waals surface area contributed by atoms with Gasteiger partial charge in [-0.1, -0.05) is 13.3 Å². The first-order valence-corrected chi connectivity index (χ1v) is 5.10. The Morgan fingerprint density at radius 2 is 2.17 bits per heavy atom. The second-order valence-electron chi connectivity index (χ2n) is 3.90. The summed E-state index contributed by atoms with van der Waals surface area (Å²) in [6, 6.07) is 0. The van der Waals surface area contributed by atoms with E-state index in [2.05, 4.69) is 0 Å². The second-order valence-corrected chi connectivity index (χ2v) is 3.90. The molecule has 0 aromatic carbocycles. The van der Waals surface area contributed by atoms with Crippen molar-refractivity contribution in [2.45, 2.75) is 57.7 Å². The first kappa shape index (κ1) is 10.0. The molecule has 1 aliphatic carbocycles. The smallest absolute Gasteiger partial charge is 0.0568 e. The van der Waals surface area contributed by atoms with E-state index < -0.39 is 0 Å². The Bertz CT molecular complexity index is 125. The Labute approximate surface area is 74.6 Å². The quantitative estimate of drug-likeness (QED) is 0.677. The SMILES string of the molecule is CC[C@@H](O)CC[C@@H]1CCC[C@H]1O. The van der Waals surface area contributed by atoms with Crippen molar-refractivity contribution in [1.82, 2.24) is 0 Å². The van der Waals surface area contributed by atoms with Gasteiger partial charge in [-0.25, -0.2) is 0 Å². The zero-order valence-corrected chi connectivity index (χ0v) is 7.87. The minimum atomic E-state index is -0.155. The molecule has 1 fully saturated rings. The Morgan fingerprint density at radius 1 is 1.42 bits per heavy atom. The number of hydrogen-bond acceptors (Lipinski definition) is 2. The average Bonchev–Trinajstić information content (AvgIpc) is 2.47. The van der Waals surface area contributed by atoms with E-state index in [1.54, 1.807) is 0 Å². The third kappa shape index (κ3) is 2.76. The van der Waals surface area contributed by atoms with E-state index in [0.717, 1.165) is 38.5 Å². The maximum atomic E-state index is 9.49. The van der Waals surface area contributed by atoms with Crippen LogP contribution in [0.2, 0.25) is 0 Å². The molecule has 0 heterocycles. The molecule has 2 N–H and O–H groups in total. The van der Waals surface area contributed by atoms with Crippen molar-refractivity contribution in [2.24, 2.45) is 5.92 Å². The van der Waals surface area contributed by atoms with Crippen molar-refractivity contribution in [3.8, 4) is 0 Å². The molecule has 0 saturated heterocycles. The molecule has 0 aromatic rings. The predicted molar refractivity (Wildman–Crippen MR) is 48.9 cm³/mol. The Kier molecular flexibility index (Phi) is 4.02. The average molecular weight is 172 g/mol. The van der Waals surface area contributed by atoms with Gasteiger partial charge in [0, 0.05) is 0 Å². The lowest BCUT2D eigenvalue weighted by Gasteiger charge is -2.15. The number of aliphatic hydroxyl groups is 2. The lowest BCUT2D eigenvalue weighted by atomic mass is 9.97. The van der Waals surface area contributed by atoms with E-state index in [0.29, 0.717) is 5.92 Å². The third-order valence-corrected chi connectivity index (χ3v) is 2.96. The molecule has 0 aromatic heterocycles. The molecule has 1 aliphatic rings. The number of rotatable bonds is 4. The molecule has 2 nitrogen and oxygen atoms in total. The van der Waals surface area contributed by atoms with Gasteiger partial charge in [0.15, 0.2) is 0 Å². The zero-order valence-electron chi connectivity index (χ0n) is 7.87. The van der Waals surface area contributed by atoms with Crippen LogP contribution in [0.4, 0.5) is 0 Å². The van der Waals surface area contributed by atoms with Crippen molar-refractivity contribution < 1.29 is 10.2 Å². The summed E-state index contributed by atoms with van der Waals surface area (Å²) < 4.78 is 0. The highest BCUT2D eigenvalue weighted by atomic mass is 16.3. The van der Waals surface area contributed by atoms with E-state index in [1.807, 2.05) is 6.92 Å². The normalized spacial score (nSPS) is 32.2. The zero-order chi connectivity index (χ0) is 8.97. The van der Waals surface area contributed by atoms with Gasteiger partial charge in [0.05, 0.1) is 12.2 Å². The summed E-state index contributed by atoms with van der Waals surface area (Å²) in [6.45, 7) is 2.00.